The van der Waals surface area contributed by atoms with Gasteiger partial charge in [-0.15, -0.1) is 6.58 Å². The lowest BCUT2D eigenvalue weighted by Crippen LogP contribution is -2.40. The van der Waals surface area contributed by atoms with E-state index in [0.717, 1.165) is 5.56 Å². The Morgan fingerprint density at radius 1 is 1.53 bits per heavy atom. The standard InChI is InChI=1S/C14H17NO4/c1-3-5-12(14(17)18)15-13(16)11-7-4-6-10(8-11)9-19-2/h3-4,6-8,12H,1,5,9H2,2H3,(H,15,16)(H,17,18). The maximum Gasteiger partial charge on any atom is 0.326 e. The van der Waals surface area contributed by atoms with Gasteiger partial charge in [-0.05, 0) is 24.1 Å². The van der Waals surface area contributed by atoms with Crippen molar-refractivity contribution >= 4 is 11.9 Å². The van der Waals surface area contributed by atoms with Crippen LogP contribution >= 0.6 is 0 Å². The quantitative estimate of drug-likeness (QED) is 0.732. The van der Waals surface area contributed by atoms with Crippen molar-refractivity contribution in [2.24, 2.45) is 0 Å². The average molecular weight is 263 g/mol. The zero-order chi connectivity index (χ0) is 14.3. The van der Waals surface area contributed by atoms with Crippen LogP contribution in [0.25, 0.3) is 0 Å². The molecule has 0 heterocycles. The molecule has 5 heteroatoms. The monoisotopic (exact) mass is 263 g/mol. The molecule has 0 aromatic heterocycles. The van der Waals surface area contributed by atoms with Crippen LogP contribution in [0.4, 0.5) is 0 Å². The Balaban J connectivity index is 2.78. The van der Waals surface area contributed by atoms with Gasteiger partial charge < -0.3 is 15.2 Å². The topological polar surface area (TPSA) is 75.6 Å². The summed E-state index contributed by atoms with van der Waals surface area (Å²) in [6, 6.07) is 5.90. The van der Waals surface area contributed by atoms with Gasteiger partial charge in [0.2, 0.25) is 0 Å². The van der Waals surface area contributed by atoms with Crippen LogP contribution in [0.3, 0.4) is 0 Å². The Labute approximate surface area is 111 Å². The lowest BCUT2D eigenvalue weighted by atomic mass is 10.1. The predicted molar refractivity (Wildman–Crippen MR) is 70.9 cm³/mol. The first kappa shape index (κ1) is 14.9. The van der Waals surface area contributed by atoms with Crippen molar-refractivity contribution in [3.05, 3.63) is 48.0 Å². The van der Waals surface area contributed by atoms with Crippen LogP contribution in [0, 0.1) is 0 Å². The number of rotatable bonds is 7. The van der Waals surface area contributed by atoms with Crippen LogP contribution in [-0.2, 0) is 16.1 Å². The molecule has 1 unspecified atom stereocenters. The van der Waals surface area contributed by atoms with Crippen LogP contribution in [0.1, 0.15) is 22.3 Å². The van der Waals surface area contributed by atoms with Crippen molar-refractivity contribution in [1.82, 2.24) is 5.32 Å². The van der Waals surface area contributed by atoms with Gasteiger partial charge in [-0.1, -0.05) is 18.2 Å². The fourth-order valence-electron chi connectivity index (χ4n) is 1.60. The Kier molecular flexibility index (Phi) is 5.75. The molecule has 0 saturated heterocycles. The molecule has 0 fully saturated rings. The number of nitrogens with one attached hydrogen (secondary N) is 1. The van der Waals surface area contributed by atoms with Gasteiger partial charge in [0.05, 0.1) is 6.61 Å². The number of aliphatic carboxylic acids is 1. The van der Waals surface area contributed by atoms with Crippen molar-refractivity contribution < 1.29 is 19.4 Å². The summed E-state index contributed by atoms with van der Waals surface area (Å²) in [6.45, 7) is 3.87. The summed E-state index contributed by atoms with van der Waals surface area (Å²) >= 11 is 0. The molecule has 2 N–H and O–H groups in total. The van der Waals surface area contributed by atoms with E-state index >= 15 is 0 Å². The first-order valence-corrected chi connectivity index (χ1v) is 5.81. The molecule has 102 valence electrons. The van der Waals surface area contributed by atoms with E-state index in [1.807, 2.05) is 6.07 Å². The van der Waals surface area contributed by atoms with Gasteiger partial charge in [-0.25, -0.2) is 4.79 Å². The van der Waals surface area contributed by atoms with E-state index < -0.39 is 17.9 Å². The summed E-state index contributed by atoms with van der Waals surface area (Å²) in [5.41, 5.74) is 1.26. The third-order valence-corrected chi connectivity index (χ3v) is 2.51. The van der Waals surface area contributed by atoms with Gasteiger partial charge in [-0.3, -0.25) is 4.79 Å². The van der Waals surface area contributed by atoms with E-state index in [1.165, 1.54) is 6.08 Å². The molecule has 19 heavy (non-hydrogen) atoms. The molecule has 1 rings (SSSR count). The molecule has 0 aliphatic rings. The molecule has 0 aliphatic carbocycles. The number of amides is 1. The van der Waals surface area contributed by atoms with E-state index in [9.17, 15) is 9.59 Å². The van der Waals surface area contributed by atoms with Crippen LogP contribution in [0.15, 0.2) is 36.9 Å². The van der Waals surface area contributed by atoms with Crippen molar-refractivity contribution in [2.75, 3.05) is 7.11 Å². The first-order valence-electron chi connectivity index (χ1n) is 5.81. The summed E-state index contributed by atoms with van der Waals surface area (Å²) < 4.78 is 4.98. The maximum atomic E-state index is 11.9. The minimum atomic E-state index is -1.08. The van der Waals surface area contributed by atoms with Gasteiger partial charge in [0, 0.05) is 12.7 Å². The minimum absolute atomic E-state index is 0.179. The molecule has 0 radical (unpaired) electrons. The number of methoxy groups -OCH3 is 1. The highest BCUT2D eigenvalue weighted by molar-refractivity contribution is 5.96. The average Bonchev–Trinajstić information content (AvgIpc) is 2.38. The highest BCUT2D eigenvalue weighted by Gasteiger charge is 2.19. The Morgan fingerprint density at radius 3 is 2.84 bits per heavy atom. The number of benzene rings is 1. The van der Waals surface area contributed by atoms with Gasteiger partial charge in [0.15, 0.2) is 0 Å². The maximum absolute atomic E-state index is 11.9. The molecule has 1 amide bonds. The molecule has 0 spiro atoms. The Hall–Kier alpha value is -2.14. The summed E-state index contributed by atoms with van der Waals surface area (Å²) in [7, 11) is 1.57. The number of hydrogen-bond acceptors (Lipinski definition) is 3. The number of carboxylic acids is 1. The van der Waals surface area contributed by atoms with Gasteiger partial charge in [0.1, 0.15) is 6.04 Å². The second-order valence-electron chi connectivity index (χ2n) is 4.02. The first-order chi connectivity index (χ1) is 9.08. The summed E-state index contributed by atoms with van der Waals surface area (Å²) in [6.07, 6.45) is 1.64. The SMILES string of the molecule is C=CCC(NC(=O)c1cccc(COC)c1)C(=O)O. The molecule has 1 atom stereocenters. The third kappa shape index (κ3) is 4.56. The van der Waals surface area contributed by atoms with Crippen LogP contribution < -0.4 is 5.32 Å². The van der Waals surface area contributed by atoms with Crippen molar-refractivity contribution in [2.45, 2.75) is 19.1 Å². The van der Waals surface area contributed by atoms with E-state index in [-0.39, 0.29) is 6.42 Å². The molecular formula is C14H17NO4. The molecule has 0 bridgehead atoms. The minimum Gasteiger partial charge on any atom is -0.480 e. The third-order valence-electron chi connectivity index (χ3n) is 2.51. The predicted octanol–water partition coefficient (Wildman–Crippen LogP) is 1.59. The summed E-state index contributed by atoms with van der Waals surface area (Å²) in [5.74, 6) is -1.51. The zero-order valence-corrected chi connectivity index (χ0v) is 10.8. The molecule has 0 saturated carbocycles. The highest BCUT2D eigenvalue weighted by atomic mass is 16.5. The lowest BCUT2D eigenvalue weighted by molar-refractivity contribution is -0.139. The molecule has 1 aromatic rings. The van der Waals surface area contributed by atoms with Crippen molar-refractivity contribution in [3.8, 4) is 0 Å². The Morgan fingerprint density at radius 2 is 2.26 bits per heavy atom. The van der Waals surface area contributed by atoms with E-state index in [0.29, 0.717) is 12.2 Å². The molecule has 0 aliphatic heterocycles. The van der Waals surface area contributed by atoms with Gasteiger partial charge in [-0.2, -0.15) is 0 Å². The Bertz CT molecular complexity index is 470. The zero-order valence-electron chi connectivity index (χ0n) is 10.8. The lowest BCUT2D eigenvalue weighted by Gasteiger charge is -2.13. The normalized spacial score (nSPS) is 11.6. The second kappa shape index (κ2) is 7.33. The van der Waals surface area contributed by atoms with E-state index in [4.69, 9.17) is 9.84 Å². The van der Waals surface area contributed by atoms with Gasteiger partial charge >= 0.3 is 5.97 Å². The van der Waals surface area contributed by atoms with E-state index in [1.54, 1.807) is 25.3 Å². The van der Waals surface area contributed by atoms with Crippen LogP contribution in [0.5, 0.6) is 0 Å². The highest BCUT2D eigenvalue weighted by Crippen LogP contribution is 2.07. The summed E-state index contributed by atoms with van der Waals surface area (Å²) in [5, 5.41) is 11.4. The largest absolute Gasteiger partial charge is 0.480 e. The number of carbonyl (C=O) groups excluding carboxylic acids is 1. The number of hydrogen-bond donors (Lipinski definition) is 2. The van der Waals surface area contributed by atoms with Crippen LogP contribution in [0.2, 0.25) is 0 Å². The molecule has 1 aromatic carbocycles. The smallest absolute Gasteiger partial charge is 0.326 e. The van der Waals surface area contributed by atoms with Crippen molar-refractivity contribution in [1.29, 1.82) is 0 Å². The fourth-order valence-corrected chi connectivity index (χ4v) is 1.60. The van der Waals surface area contributed by atoms with Gasteiger partial charge in [0.25, 0.3) is 5.91 Å². The fraction of sp³-hybridized carbons (Fsp3) is 0.286. The number of ether oxygens (including phenoxy) is 1. The van der Waals surface area contributed by atoms with Crippen LogP contribution in [-0.4, -0.2) is 30.1 Å². The second-order valence-corrected chi connectivity index (χ2v) is 4.02. The number of carbonyl (C=O) groups is 2. The van der Waals surface area contributed by atoms with E-state index in [2.05, 4.69) is 11.9 Å². The molecular weight excluding hydrogens is 246 g/mol. The summed E-state index contributed by atoms with van der Waals surface area (Å²) in [4.78, 5) is 22.9. The molecule has 5 nitrogen and oxygen atoms in total. The number of carboxylic acid groups (broad SMARTS) is 1. The van der Waals surface area contributed by atoms with Crippen molar-refractivity contribution in [3.63, 3.8) is 0 Å².